The summed E-state index contributed by atoms with van der Waals surface area (Å²) in [6.07, 6.45) is 45.5. The van der Waals surface area contributed by atoms with Gasteiger partial charge in [0.25, 0.3) is 0 Å². The van der Waals surface area contributed by atoms with E-state index in [4.69, 9.17) is 4.74 Å². The summed E-state index contributed by atoms with van der Waals surface area (Å²) >= 11 is 0. The first-order valence-corrected chi connectivity index (χ1v) is 23.2. The van der Waals surface area contributed by atoms with Gasteiger partial charge in [-0.05, 0) is 76.3 Å². The van der Waals surface area contributed by atoms with E-state index in [1.807, 2.05) is 0 Å². The van der Waals surface area contributed by atoms with Gasteiger partial charge < -0.3 is 14.7 Å². The highest BCUT2D eigenvalue weighted by Gasteiger charge is 2.35. The fourth-order valence-corrected chi connectivity index (χ4v) is 8.08. The SMILES string of the molecule is CCCCCCCCC(CCCCCCCC)OC(=O)CCCCCCCN(CCO)CCCCCCCCC1CC1CCCCCCCC. The van der Waals surface area contributed by atoms with Crippen molar-refractivity contribution < 1.29 is 14.6 Å². The molecule has 1 N–H and O–H groups in total. The standard InChI is InChI=1S/C46H91NO3/c1-4-7-10-13-19-26-33-43-42-44(43)34-27-20-16-17-24-31-38-47(40-41-48)39-32-25-18-23-30-37-46(49)50-45(35-28-21-14-11-8-5-2)36-29-22-15-12-9-6-3/h43-45,48H,4-42H2,1-3H3. The Hall–Kier alpha value is -0.610. The van der Waals surface area contributed by atoms with E-state index in [1.54, 1.807) is 0 Å². The summed E-state index contributed by atoms with van der Waals surface area (Å²) in [5.74, 6) is 2.20. The highest BCUT2D eigenvalue weighted by molar-refractivity contribution is 5.69. The van der Waals surface area contributed by atoms with Crippen LogP contribution in [0.25, 0.3) is 0 Å². The van der Waals surface area contributed by atoms with Crippen LogP contribution in [-0.2, 0) is 9.53 Å². The monoisotopic (exact) mass is 706 g/mol. The molecule has 0 saturated heterocycles. The molecule has 4 heteroatoms. The van der Waals surface area contributed by atoms with Gasteiger partial charge in [-0.3, -0.25) is 4.79 Å². The molecule has 0 amide bonds. The third-order valence-corrected chi connectivity index (χ3v) is 11.6. The van der Waals surface area contributed by atoms with Crippen LogP contribution in [0, 0.1) is 11.8 Å². The Kier molecular flexibility index (Phi) is 34.8. The summed E-state index contributed by atoms with van der Waals surface area (Å²) in [6.45, 7) is 10.2. The van der Waals surface area contributed by atoms with E-state index in [1.165, 1.54) is 193 Å². The van der Waals surface area contributed by atoms with Crippen LogP contribution < -0.4 is 0 Å². The number of esters is 1. The Morgan fingerprint density at radius 3 is 1.34 bits per heavy atom. The van der Waals surface area contributed by atoms with Crippen molar-refractivity contribution in [3.8, 4) is 0 Å². The molecule has 0 aromatic carbocycles. The third-order valence-electron chi connectivity index (χ3n) is 11.6. The maximum absolute atomic E-state index is 12.7. The predicted molar refractivity (Wildman–Crippen MR) is 219 cm³/mol. The second-order valence-corrected chi connectivity index (χ2v) is 16.5. The molecule has 1 rings (SSSR count). The number of hydrogen-bond acceptors (Lipinski definition) is 4. The minimum Gasteiger partial charge on any atom is -0.462 e. The number of aliphatic hydroxyl groups excluding tert-OH is 1. The van der Waals surface area contributed by atoms with E-state index in [9.17, 15) is 9.90 Å². The van der Waals surface area contributed by atoms with Crippen LogP contribution in [0.1, 0.15) is 245 Å². The largest absolute Gasteiger partial charge is 0.462 e. The molecule has 0 bridgehead atoms. The number of unbranched alkanes of at least 4 members (excludes halogenated alkanes) is 24. The van der Waals surface area contributed by atoms with Gasteiger partial charge in [0.15, 0.2) is 0 Å². The summed E-state index contributed by atoms with van der Waals surface area (Å²) in [6, 6.07) is 0. The number of carbonyl (C=O) groups excluding carboxylic acids is 1. The zero-order valence-electron chi connectivity index (χ0n) is 34.5. The molecule has 2 unspecified atom stereocenters. The van der Waals surface area contributed by atoms with Crippen molar-refractivity contribution >= 4 is 5.97 Å². The van der Waals surface area contributed by atoms with Crippen LogP contribution in [0.5, 0.6) is 0 Å². The van der Waals surface area contributed by atoms with E-state index >= 15 is 0 Å². The van der Waals surface area contributed by atoms with Gasteiger partial charge in [-0.25, -0.2) is 0 Å². The number of nitrogens with zero attached hydrogens (tertiary/aromatic N) is 1. The highest BCUT2D eigenvalue weighted by atomic mass is 16.5. The number of rotatable bonds is 41. The molecule has 0 aromatic heterocycles. The molecular weight excluding hydrogens is 615 g/mol. The topological polar surface area (TPSA) is 49.8 Å². The molecule has 1 fully saturated rings. The average molecular weight is 706 g/mol. The summed E-state index contributed by atoms with van der Waals surface area (Å²) in [5.41, 5.74) is 0. The summed E-state index contributed by atoms with van der Waals surface area (Å²) in [7, 11) is 0. The summed E-state index contributed by atoms with van der Waals surface area (Å²) in [4.78, 5) is 15.2. The smallest absolute Gasteiger partial charge is 0.306 e. The zero-order chi connectivity index (χ0) is 36.2. The number of aliphatic hydroxyl groups is 1. The lowest BCUT2D eigenvalue weighted by atomic mass is 10.0. The summed E-state index contributed by atoms with van der Waals surface area (Å²) < 4.78 is 6.04. The normalized spacial score (nSPS) is 15.8. The second-order valence-electron chi connectivity index (χ2n) is 16.5. The Labute approximate surface area is 314 Å². The lowest BCUT2D eigenvalue weighted by Gasteiger charge is -2.21. The maximum Gasteiger partial charge on any atom is 0.306 e. The first-order chi connectivity index (χ1) is 24.6. The highest BCUT2D eigenvalue weighted by Crippen LogP contribution is 2.45. The third kappa shape index (κ3) is 31.0. The molecule has 4 nitrogen and oxygen atoms in total. The van der Waals surface area contributed by atoms with Gasteiger partial charge >= 0.3 is 5.97 Å². The first kappa shape index (κ1) is 47.4. The van der Waals surface area contributed by atoms with E-state index in [0.717, 1.165) is 57.2 Å². The van der Waals surface area contributed by atoms with Crippen LogP contribution in [0.15, 0.2) is 0 Å². The van der Waals surface area contributed by atoms with Gasteiger partial charge in [0.05, 0.1) is 6.61 Å². The lowest BCUT2D eigenvalue weighted by molar-refractivity contribution is -0.150. The minimum atomic E-state index is 0.0384. The van der Waals surface area contributed by atoms with Gasteiger partial charge in [-0.2, -0.15) is 0 Å². The van der Waals surface area contributed by atoms with Crippen LogP contribution in [0.2, 0.25) is 0 Å². The molecule has 0 spiro atoms. The van der Waals surface area contributed by atoms with Crippen molar-refractivity contribution in [3.05, 3.63) is 0 Å². The van der Waals surface area contributed by atoms with Gasteiger partial charge in [0.2, 0.25) is 0 Å². The minimum absolute atomic E-state index is 0.0384. The Balaban J connectivity index is 2.04. The fraction of sp³-hybridized carbons (Fsp3) is 0.978. The van der Waals surface area contributed by atoms with Crippen LogP contribution in [0.4, 0.5) is 0 Å². The van der Waals surface area contributed by atoms with Crippen molar-refractivity contribution in [3.63, 3.8) is 0 Å². The molecule has 1 saturated carbocycles. The van der Waals surface area contributed by atoms with Crippen molar-refractivity contribution in [2.24, 2.45) is 11.8 Å². The summed E-state index contributed by atoms with van der Waals surface area (Å²) in [5, 5.41) is 9.58. The number of carbonyl (C=O) groups is 1. The molecule has 298 valence electrons. The van der Waals surface area contributed by atoms with Gasteiger partial charge in [0.1, 0.15) is 6.10 Å². The molecule has 0 aliphatic heterocycles. The predicted octanol–water partition coefficient (Wildman–Crippen LogP) is 14.2. The van der Waals surface area contributed by atoms with Crippen LogP contribution >= 0.6 is 0 Å². The Bertz CT molecular complexity index is 683. The lowest BCUT2D eigenvalue weighted by Crippen LogP contribution is -2.29. The first-order valence-electron chi connectivity index (χ1n) is 23.2. The van der Waals surface area contributed by atoms with E-state index in [-0.39, 0.29) is 18.7 Å². The number of hydrogen-bond donors (Lipinski definition) is 1. The van der Waals surface area contributed by atoms with E-state index in [2.05, 4.69) is 25.7 Å². The van der Waals surface area contributed by atoms with Crippen molar-refractivity contribution in [2.75, 3.05) is 26.2 Å². The molecule has 0 heterocycles. The molecule has 1 aliphatic carbocycles. The van der Waals surface area contributed by atoms with Crippen LogP contribution in [0.3, 0.4) is 0 Å². The fourth-order valence-electron chi connectivity index (χ4n) is 8.08. The van der Waals surface area contributed by atoms with E-state index < -0.39 is 0 Å². The Morgan fingerprint density at radius 1 is 0.520 bits per heavy atom. The second kappa shape index (κ2) is 36.7. The van der Waals surface area contributed by atoms with Gasteiger partial charge in [-0.15, -0.1) is 0 Å². The van der Waals surface area contributed by atoms with Gasteiger partial charge in [-0.1, -0.05) is 188 Å². The quantitative estimate of drug-likeness (QED) is 0.0508. The van der Waals surface area contributed by atoms with Crippen molar-refractivity contribution in [1.82, 2.24) is 4.90 Å². The Morgan fingerprint density at radius 2 is 0.900 bits per heavy atom. The molecule has 2 atom stereocenters. The molecule has 0 radical (unpaired) electrons. The van der Waals surface area contributed by atoms with Crippen molar-refractivity contribution in [1.29, 1.82) is 0 Å². The molecule has 0 aromatic rings. The zero-order valence-corrected chi connectivity index (χ0v) is 34.5. The van der Waals surface area contributed by atoms with Gasteiger partial charge in [0, 0.05) is 13.0 Å². The maximum atomic E-state index is 12.7. The molecular formula is C46H91NO3. The van der Waals surface area contributed by atoms with E-state index in [0.29, 0.717) is 6.42 Å². The molecule has 1 aliphatic rings. The van der Waals surface area contributed by atoms with Crippen molar-refractivity contribution in [2.45, 2.75) is 252 Å². The average Bonchev–Trinajstić information content (AvgIpc) is 3.87. The number of ether oxygens (including phenoxy) is 1. The molecule has 50 heavy (non-hydrogen) atoms. The van der Waals surface area contributed by atoms with Crippen LogP contribution in [-0.4, -0.2) is 48.3 Å².